The van der Waals surface area contributed by atoms with Crippen LogP contribution < -0.4 is 5.32 Å². The zero-order chi connectivity index (χ0) is 17.5. The van der Waals surface area contributed by atoms with Gasteiger partial charge in [-0.1, -0.05) is 13.8 Å². The maximum absolute atomic E-state index is 11.6. The van der Waals surface area contributed by atoms with Gasteiger partial charge in [-0.15, -0.1) is 35.3 Å². The van der Waals surface area contributed by atoms with Gasteiger partial charge in [-0.3, -0.25) is 9.79 Å². The highest BCUT2D eigenvalue weighted by atomic mass is 127. The van der Waals surface area contributed by atoms with Gasteiger partial charge in [0, 0.05) is 44.4 Å². The molecule has 25 heavy (non-hydrogen) atoms. The summed E-state index contributed by atoms with van der Waals surface area (Å²) in [5.41, 5.74) is 1.14. The summed E-state index contributed by atoms with van der Waals surface area (Å²) in [5, 5.41) is 6.74. The van der Waals surface area contributed by atoms with Crippen LogP contribution in [0.2, 0.25) is 0 Å². The number of halogens is 1. The number of guanidine groups is 1. The molecule has 1 aliphatic heterocycles. The van der Waals surface area contributed by atoms with Crippen molar-refractivity contribution in [2.75, 3.05) is 33.8 Å². The zero-order valence-electron chi connectivity index (χ0n) is 15.4. The van der Waals surface area contributed by atoms with Crippen LogP contribution in [-0.2, 0) is 16.0 Å². The van der Waals surface area contributed by atoms with Gasteiger partial charge in [-0.25, -0.2) is 4.98 Å². The zero-order valence-corrected chi connectivity index (χ0v) is 18.6. The van der Waals surface area contributed by atoms with Gasteiger partial charge in [0.05, 0.1) is 23.7 Å². The first-order valence-electron chi connectivity index (χ1n) is 8.52. The molecule has 0 saturated carbocycles. The normalized spacial score (nSPS) is 15.9. The first kappa shape index (κ1) is 22.1. The van der Waals surface area contributed by atoms with Crippen LogP contribution in [0.3, 0.4) is 0 Å². The average molecular weight is 480 g/mol. The van der Waals surface area contributed by atoms with Crippen molar-refractivity contribution in [2.24, 2.45) is 10.9 Å². The highest BCUT2D eigenvalue weighted by Crippen LogP contribution is 2.20. The number of esters is 1. The molecular weight excluding hydrogens is 451 g/mol. The molecule has 142 valence electrons. The highest BCUT2D eigenvalue weighted by molar-refractivity contribution is 14.0. The van der Waals surface area contributed by atoms with E-state index in [9.17, 15) is 4.79 Å². The first-order valence-corrected chi connectivity index (χ1v) is 9.40. The fourth-order valence-electron chi connectivity index (χ4n) is 2.83. The first-order chi connectivity index (χ1) is 11.5. The third-order valence-electron chi connectivity index (χ3n) is 4.27. The Labute approximate surface area is 171 Å². The quantitative estimate of drug-likeness (QED) is 0.304. The van der Waals surface area contributed by atoms with E-state index in [0.717, 1.165) is 50.6 Å². The Morgan fingerprint density at radius 3 is 2.68 bits per heavy atom. The molecule has 0 bridgehead atoms. The van der Waals surface area contributed by atoms with Gasteiger partial charge in [-0.05, 0) is 12.8 Å². The minimum absolute atomic E-state index is 0. The third-order valence-corrected chi connectivity index (χ3v) is 5.46. The van der Waals surface area contributed by atoms with E-state index in [4.69, 9.17) is 4.74 Å². The van der Waals surface area contributed by atoms with E-state index in [1.54, 1.807) is 18.4 Å². The van der Waals surface area contributed by atoms with Crippen LogP contribution in [0.15, 0.2) is 10.4 Å². The maximum atomic E-state index is 11.6. The van der Waals surface area contributed by atoms with Crippen molar-refractivity contribution in [3.8, 4) is 0 Å². The van der Waals surface area contributed by atoms with Gasteiger partial charge in [0.2, 0.25) is 0 Å². The molecule has 2 rings (SSSR count). The summed E-state index contributed by atoms with van der Waals surface area (Å²) >= 11 is 1.73. The van der Waals surface area contributed by atoms with Gasteiger partial charge < -0.3 is 15.0 Å². The van der Waals surface area contributed by atoms with E-state index in [1.165, 1.54) is 12.1 Å². The standard InChI is InChI=1S/C17H28N4O2S.HI/c1-12(2)15-20-14(11-24-15)5-8-19-17(18-3)21-9-6-13(7-10-21)16(22)23-4;/h11-13H,5-10H2,1-4H3,(H,18,19);1H. The smallest absolute Gasteiger partial charge is 0.308 e. The molecule has 0 amide bonds. The number of aromatic nitrogens is 1. The number of carbonyl (C=O) groups excluding carboxylic acids is 1. The maximum Gasteiger partial charge on any atom is 0.308 e. The fourth-order valence-corrected chi connectivity index (χ4v) is 3.70. The number of piperidine rings is 1. The molecule has 0 unspecified atom stereocenters. The summed E-state index contributed by atoms with van der Waals surface area (Å²) in [6, 6.07) is 0. The van der Waals surface area contributed by atoms with E-state index in [0.29, 0.717) is 5.92 Å². The fraction of sp³-hybridized carbons (Fsp3) is 0.706. The Balaban J connectivity index is 0.00000312. The van der Waals surface area contributed by atoms with E-state index in [-0.39, 0.29) is 35.9 Å². The summed E-state index contributed by atoms with van der Waals surface area (Å²) < 4.78 is 4.84. The van der Waals surface area contributed by atoms with Gasteiger partial charge in [0.15, 0.2) is 5.96 Å². The van der Waals surface area contributed by atoms with Gasteiger partial charge in [-0.2, -0.15) is 0 Å². The molecule has 0 aromatic carbocycles. The lowest BCUT2D eigenvalue weighted by molar-refractivity contribution is -0.146. The lowest BCUT2D eigenvalue weighted by Crippen LogP contribution is -2.47. The van der Waals surface area contributed by atoms with E-state index in [1.807, 2.05) is 0 Å². The Morgan fingerprint density at radius 1 is 1.48 bits per heavy atom. The molecular formula is C17H29IN4O2S. The van der Waals surface area contributed by atoms with Crippen molar-refractivity contribution in [1.82, 2.24) is 15.2 Å². The second kappa shape index (κ2) is 10.9. The second-order valence-corrected chi connectivity index (χ2v) is 7.23. The summed E-state index contributed by atoms with van der Waals surface area (Å²) in [7, 11) is 3.26. The van der Waals surface area contributed by atoms with Crippen LogP contribution in [0.1, 0.15) is 43.3 Å². The molecule has 1 aliphatic rings. The van der Waals surface area contributed by atoms with Crippen LogP contribution in [0.5, 0.6) is 0 Å². The molecule has 0 spiro atoms. The number of nitrogens with one attached hydrogen (secondary N) is 1. The molecule has 6 nitrogen and oxygen atoms in total. The Kier molecular flexibility index (Phi) is 9.70. The number of hydrogen-bond donors (Lipinski definition) is 1. The van der Waals surface area contributed by atoms with Crippen molar-refractivity contribution in [3.63, 3.8) is 0 Å². The Hall–Kier alpha value is -0.900. The number of methoxy groups -OCH3 is 1. The molecule has 0 aliphatic carbocycles. The lowest BCUT2D eigenvalue weighted by atomic mass is 9.97. The van der Waals surface area contributed by atoms with E-state index >= 15 is 0 Å². The second-order valence-electron chi connectivity index (χ2n) is 6.34. The van der Waals surface area contributed by atoms with Crippen LogP contribution in [0.25, 0.3) is 0 Å². The van der Waals surface area contributed by atoms with Crippen molar-refractivity contribution >= 4 is 47.2 Å². The Bertz CT molecular complexity index is 569. The number of aliphatic imine (C=N–C) groups is 1. The van der Waals surface area contributed by atoms with Gasteiger partial charge in [0.1, 0.15) is 0 Å². The molecule has 1 aromatic heterocycles. The number of rotatable bonds is 5. The minimum Gasteiger partial charge on any atom is -0.469 e. The van der Waals surface area contributed by atoms with Gasteiger partial charge >= 0.3 is 5.97 Å². The molecule has 2 heterocycles. The van der Waals surface area contributed by atoms with Crippen molar-refractivity contribution in [2.45, 2.75) is 39.0 Å². The molecule has 1 N–H and O–H groups in total. The monoisotopic (exact) mass is 480 g/mol. The molecule has 1 saturated heterocycles. The largest absolute Gasteiger partial charge is 0.469 e. The summed E-state index contributed by atoms with van der Waals surface area (Å²) in [6.45, 7) is 6.80. The number of hydrogen-bond acceptors (Lipinski definition) is 5. The molecule has 0 radical (unpaired) electrons. The number of likely N-dealkylation sites (tertiary alicyclic amines) is 1. The van der Waals surface area contributed by atoms with Crippen LogP contribution >= 0.6 is 35.3 Å². The summed E-state index contributed by atoms with van der Waals surface area (Å²) in [6.07, 6.45) is 2.52. The number of nitrogens with zero attached hydrogens (tertiary/aromatic N) is 3. The van der Waals surface area contributed by atoms with Crippen molar-refractivity contribution in [3.05, 3.63) is 16.1 Å². The topological polar surface area (TPSA) is 66.8 Å². The molecule has 1 fully saturated rings. The van der Waals surface area contributed by atoms with Crippen LogP contribution in [-0.4, -0.2) is 55.6 Å². The minimum atomic E-state index is -0.0953. The Morgan fingerprint density at radius 2 is 2.16 bits per heavy atom. The number of ether oxygens (including phenoxy) is 1. The summed E-state index contributed by atoms with van der Waals surface area (Å²) in [4.78, 5) is 22.8. The van der Waals surface area contributed by atoms with Crippen LogP contribution in [0.4, 0.5) is 0 Å². The van der Waals surface area contributed by atoms with E-state index < -0.39 is 0 Å². The third kappa shape index (κ3) is 6.40. The SMILES string of the molecule is CN=C(NCCc1csc(C(C)C)n1)N1CCC(C(=O)OC)CC1.I. The summed E-state index contributed by atoms with van der Waals surface area (Å²) in [5.74, 6) is 1.31. The van der Waals surface area contributed by atoms with Gasteiger partial charge in [0.25, 0.3) is 0 Å². The number of thiazole rings is 1. The molecule has 1 aromatic rings. The van der Waals surface area contributed by atoms with Crippen molar-refractivity contribution < 1.29 is 9.53 Å². The lowest BCUT2D eigenvalue weighted by Gasteiger charge is -2.33. The molecule has 0 atom stereocenters. The predicted octanol–water partition coefficient (Wildman–Crippen LogP) is 2.89. The predicted molar refractivity (Wildman–Crippen MR) is 113 cm³/mol. The van der Waals surface area contributed by atoms with Crippen molar-refractivity contribution in [1.29, 1.82) is 0 Å². The van der Waals surface area contributed by atoms with E-state index in [2.05, 4.69) is 39.4 Å². The highest BCUT2D eigenvalue weighted by Gasteiger charge is 2.26. The average Bonchev–Trinajstić information content (AvgIpc) is 3.07. The van der Waals surface area contributed by atoms with Crippen LogP contribution in [0, 0.1) is 5.92 Å². The number of carbonyl (C=O) groups is 1. The molecule has 8 heteroatoms.